The van der Waals surface area contributed by atoms with E-state index in [9.17, 15) is 0 Å². The maximum atomic E-state index is 5.77. The Hall–Kier alpha value is -0.900. The lowest BCUT2D eigenvalue weighted by Gasteiger charge is -2.30. The third kappa shape index (κ3) is 0.919. The number of ether oxygens (including phenoxy) is 1. The van der Waals surface area contributed by atoms with Crippen LogP contribution in [0.1, 0.15) is 13.3 Å². The molecule has 3 rings (SSSR count). The molecule has 0 spiro atoms. The Morgan fingerprint density at radius 2 is 2.50 bits per heavy atom. The number of nitrogens with two attached hydrogens (primary N) is 1. The molecule has 0 bridgehead atoms. The Labute approximate surface area is 87.1 Å². The predicted molar refractivity (Wildman–Crippen MR) is 57.8 cm³/mol. The van der Waals surface area contributed by atoms with Crippen molar-refractivity contribution in [1.29, 1.82) is 0 Å². The van der Waals surface area contributed by atoms with Gasteiger partial charge < -0.3 is 10.5 Å². The summed E-state index contributed by atoms with van der Waals surface area (Å²) in [5.41, 5.74) is 5.63. The lowest BCUT2D eigenvalue weighted by molar-refractivity contribution is 0.251. The van der Waals surface area contributed by atoms with E-state index in [0.29, 0.717) is 11.1 Å². The normalized spacial score (nSPS) is 39.2. The Balaban J connectivity index is 2.10. The van der Waals surface area contributed by atoms with Gasteiger partial charge >= 0.3 is 0 Å². The Morgan fingerprint density at radius 1 is 1.64 bits per heavy atom. The van der Waals surface area contributed by atoms with E-state index in [1.807, 2.05) is 0 Å². The first kappa shape index (κ1) is 8.41. The first-order chi connectivity index (χ1) is 6.70. The van der Waals surface area contributed by atoms with Crippen LogP contribution in [0, 0.1) is 5.92 Å². The Kier molecular flexibility index (Phi) is 1.54. The topological polar surface area (TPSA) is 47.6 Å². The second kappa shape index (κ2) is 2.57. The van der Waals surface area contributed by atoms with Crippen LogP contribution in [0.15, 0.2) is 27.8 Å². The smallest absolute Gasteiger partial charge is 0.159 e. The molecule has 14 heavy (non-hydrogen) atoms. The highest BCUT2D eigenvalue weighted by molar-refractivity contribution is 8.17. The van der Waals surface area contributed by atoms with Gasteiger partial charge in [0.1, 0.15) is 11.3 Å². The number of aliphatic imine (C=N–C) groups is 1. The van der Waals surface area contributed by atoms with Gasteiger partial charge in [0, 0.05) is 10.8 Å². The minimum absolute atomic E-state index is 0.144. The fourth-order valence-electron chi connectivity index (χ4n) is 2.39. The van der Waals surface area contributed by atoms with Gasteiger partial charge in [0.05, 0.1) is 6.61 Å². The monoisotopic (exact) mass is 208 g/mol. The fraction of sp³-hybridized carbons (Fsp3) is 0.500. The number of allylic oxidation sites excluding steroid dienone is 2. The number of amidine groups is 1. The molecular formula is C10H12N2OS. The van der Waals surface area contributed by atoms with Gasteiger partial charge in [0.25, 0.3) is 0 Å². The van der Waals surface area contributed by atoms with Gasteiger partial charge in [-0.25, -0.2) is 4.99 Å². The second-order valence-corrected chi connectivity index (χ2v) is 5.05. The summed E-state index contributed by atoms with van der Waals surface area (Å²) in [6.07, 6.45) is 5.21. The highest BCUT2D eigenvalue weighted by Crippen LogP contribution is 2.50. The molecule has 2 N–H and O–H groups in total. The molecule has 1 aliphatic carbocycles. The van der Waals surface area contributed by atoms with Crippen LogP contribution in [0.5, 0.6) is 0 Å². The molecule has 3 nitrogen and oxygen atoms in total. The first-order valence-corrected chi connectivity index (χ1v) is 5.60. The zero-order valence-electron chi connectivity index (χ0n) is 7.99. The lowest BCUT2D eigenvalue weighted by Crippen LogP contribution is -2.33. The van der Waals surface area contributed by atoms with E-state index < -0.39 is 0 Å². The number of thioether (sulfide) groups is 1. The van der Waals surface area contributed by atoms with Crippen LogP contribution in [0.25, 0.3) is 0 Å². The molecule has 74 valence electrons. The summed E-state index contributed by atoms with van der Waals surface area (Å²) < 4.78 is 5.56. The van der Waals surface area contributed by atoms with Crippen molar-refractivity contribution >= 4 is 16.9 Å². The third-order valence-electron chi connectivity index (χ3n) is 3.15. The zero-order valence-corrected chi connectivity index (χ0v) is 8.80. The molecule has 1 saturated heterocycles. The highest BCUT2D eigenvalue weighted by atomic mass is 32.2. The molecule has 0 aromatic heterocycles. The maximum Gasteiger partial charge on any atom is 0.159 e. The van der Waals surface area contributed by atoms with E-state index in [0.717, 1.165) is 18.8 Å². The quantitative estimate of drug-likeness (QED) is 0.658. The number of rotatable bonds is 0. The van der Waals surface area contributed by atoms with E-state index in [4.69, 9.17) is 10.5 Å². The largest absolute Gasteiger partial charge is 0.498 e. The third-order valence-corrected chi connectivity index (χ3v) is 4.22. The maximum absolute atomic E-state index is 5.77. The van der Waals surface area contributed by atoms with E-state index in [1.165, 1.54) is 4.91 Å². The molecule has 0 amide bonds. The highest BCUT2D eigenvalue weighted by Gasteiger charge is 2.48. The molecule has 2 atom stereocenters. The molecule has 0 aromatic rings. The summed E-state index contributed by atoms with van der Waals surface area (Å²) in [6, 6.07) is 0. The lowest BCUT2D eigenvalue weighted by atomic mass is 9.80. The average Bonchev–Trinajstić information content (AvgIpc) is 2.67. The summed E-state index contributed by atoms with van der Waals surface area (Å²) in [7, 11) is 0. The molecule has 4 heteroatoms. The number of fused-ring (bicyclic) bond motifs is 3. The van der Waals surface area contributed by atoms with Crippen molar-refractivity contribution in [2.45, 2.75) is 18.9 Å². The fourth-order valence-corrected chi connectivity index (χ4v) is 3.38. The summed E-state index contributed by atoms with van der Waals surface area (Å²) in [5.74, 6) is 1.48. The molecule has 2 aliphatic heterocycles. The Morgan fingerprint density at radius 3 is 3.36 bits per heavy atom. The summed E-state index contributed by atoms with van der Waals surface area (Å²) >= 11 is 1.59. The summed E-state index contributed by atoms with van der Waals surface area (Å²) in [5, 5.41) is 0.681. The van der Waals surface area contributed by atoms with Crippen molar-refractivity contribution < 1.29 is 4.74 Å². The van der Waals surface area contributed by atoms with Crippen molar-refractivity contribution in [3.8, 4) is 0 Å². The van der Waals surface area contributed by atoms with Gasteiger partial charge in [-0.3, -0.25) is 0 Å². The minimum Gasteiger partial charge on any atom is -0.498 e. The Bertz CT molecular complexity index is 386. The van der Waals surface area contributed by atoms with Crippen molar-refractivity contribution in [3.05, 3.63) is 22.8 Å². The van der Waals surface area contributed by atoms with Crippen molar-refractivity contribution in [1.82, 2.24) is 0 Å². The number of hydrogen-bond donors (Lipinski definition) is 1. The van der Waals surface area contributed by atoms with Crippen molar-refractivity contribution in [2.75, 3.05) is 6.61 Å². The standard InChI is InChI=1S/C10H12N2OS/c1-10-6-4-5-13-7(6)2-3-8(10)14-9(11)12-10/h2-3,6H,4-5H2,1H3,(H2,11,12). The number of hydrogen-bond acceptors (Lipinski definition) is 4. The van der Waals surface area contributed by atoms with E-state index in [-0.39, 0.29) is 5.54 Å². The summed E-state index contributed by atoms with van der Waals surface area (Å²) in [6.45, 7) is 2.96. The second-order valence-electron chi connectivity index (χ2n) is 3.99. The van der Waals surface area contributed by atoms with Crippen LogP contribution in [-0.2, 0) is 4.74 Å². The SMILES string of the molecule is CC12N=C(N)SC1=CC=C1OCCC12. The van der Waals surface area contributed by atoms with Crippen LogP contribution < -0.4 is 5.73 Å². The van der Waals surface area contributed by atoms with Crippen LogP contribution in [0.3, 0.4) is 0 Å². The zero-order chi connectivity index (χ0) is 9.76. The predicted octanol–water partition coefficient (Wildman–Crippen LogP) is 1.62. The minimum atomic E-state index is -0.144. The van der Waals surface area contributed by atoms with Crippen LogP contribution >= 0.6 is 11.8 Å². The first-order valence-electron chi connectivity index (χ1n) is 4.78. The van der Waals surface area contributed by atoms with Gasteiger partial charge in [0.2, 0.25) is 0 Å². The van der Waals surface area contributed by atoms with Crippen molar-refractivity contribution in [3.63, 3.8) is 0 Å². The van der Waals surface area contributed by atoms with Gasteiger partial charge in [-0.05, 0) is 25.5 Å². The summed E-state index contributed by atoms with van der Waals surface area (Å²) in [4.78, 5) is 5.81. The van der Waals surface area contributed by atoms with Crippen LogP contribution in [0.2, 0.25) is 0 Å². The molecule has 0 radical (unpaired) electrons. The van der Waals surface area contributed by atoms with E-state index >= 15 is 0 Å². The molecule has 2 unspecified atom stereocenters. The molecule has 1 fully saturated rings. The average molecular weight is 208 g/mol. The van der Waals surface area contributed by atoms with Gasteiger partial charge in [0.15, 0.2) is 5.17 Å². The molecule has 3 aliphatic rings. The van der Waals surface area contributed by atoms with Crippen LogP contribution in [0.4, 0.5) is 0 Å². The molecule has 2 heterocycles. The molecule has 0 saturated carbocycles. The van der Waals surface area contributed by atoms with Gasteiger partial charge in [-0.1, -0.05) is 11.8 Å². The molecular weight excluding hydrogens is 196 g/mol. The van der Waals surface area contributed by atoms with Crippen molar-refractivity contribution in [2.24, 2.45) is 16.6 Å². The van der Waals surface area contributed by atoms with E-state index in [2.05, 4.69) is 24.1 Å². The number of nitrogens with zero attached hydrogens (tertiary/aromatic N) is 1. The van der Waals surface area contributed by atoms with Gasteiger partial charge in [-0.15, -0.1) is 0 Å². The van der Waals surface area contributed by atoms with Gasteiger partial charge in [-0.2, -0.15) is 0 Å². The molecule has 0 aromatic carbocycles. The van der Waals surface area contributed by atoms with Crippen LogP contribution in [-0.4, -0.2) is 17.3 Å². The van der Waals surface area contributed by atoms with E-state index in [1.54, 1.807) is 11.8 Å².